The molecule has 0 aliphatic heterocycles. The van der Waals surface area contributed by atoms with E-state index in [9.17, 15) is 9.59 Å². The summed E-state index contributed by atoms with van der Waals surface area (Å²) in [5.41, 5.74) is 3.53. The molecule has 0 heterocycles. The second-order valence-corrected chi connectivity index (χ2v) is 8.50. The number of aldehydes is 2. The molecule has 2 aromatic carbocycles. The van der Waals surface area contributed by atoms with Gasteiger partial charge in [-0.1, -0.05) is 59.4 Å². The van der Waals surface area contributed by atoms with Crippen LogP contribution < -0.4 is 0 Å². The van der Waals surface area contributed by atoms with E-state index in [4.69, 9.17) is 21.4 Å². The summed E-state index contributed by atoms with van der Waals surface area (Å²) in [7, 11) is 4.74. The summed E-state index contributed by atoms with van der Waals surface area (Å²) >= 11 is 9.61. The highest BCUT2D eigenvalue weighted by Gasteiger charge is 2.24. The van der Waals surface area contributed by atoms with Crippen molar-refractivity contribution < 1.29 is 19.4 Å². The van der Waals surface area contributed by atoms with Gasteiger partial charge in [-0.15, -0.1) is 0 Å². The molecule has 1 N–H and O–H groups in total. The molecule has 0 aromatic heterocycles. The summed E-state index contributed by atoms with van der Waals surface area (Å²) in [6, 6.07) is 12.8. The number of unbranched alkanes of at least 4 members (excludes halogenated alkanes) is 2. The molecule has 7 heteroatoms. The lowest BCUT2D eigenvalue weighted by molar-refractivity contribution is -0.116. The summed E-state index contributed by atoms with van der Waals surface area (Å²) in [5, 5.41) is 7.61. The largest absolute Gasteiger partial charge is 0.400 e. The Hall–Kier alpha value is -1.99. The third-order valence-electron chi connectivity index (χ3n) is 4.72. The minimum atomic E-state index is -0.763. The highest BCUT2D eigenvalue weighted by molar-refractivity contribution is 9.10. The van der Waals surface area contributed by atoms with Gasteiger partial charge in [-0.05, 0) is 47.9 Å². The summed E-state index contributed by atoms with van der Waals surface area (Å²) < 4.78 is 6.81. The van der Waals surface area contributed by atoms with E-state index in [1.807, 2.05) is 43.3 Å². The SMILES string of the molecule is CCCCCOC(C=O)/C(=C(\c1ccc(Cl)cc1)c1cc(Br)ccc1C=O)N(C)C.CO. The standard InChI is InChI=1S/C24H27BrClNO3.CH4O/c1-4-5-6-13-30-22(16-29)24(27(2)3)23(17-8-11-20(26)12-9-17)21-14-19(25)10-7-18(21)15-28;1-2/h7-12,14-16,22H,4-6,13H2,1-3H3;2H,1H3/b24-23-;. The van der Waals surface area contributed by atoms with E-state index >= 15 is 0 Å². The topological polar surface area (TPSA) is 66.8 Å². The van der Waals surface area contributed by atoms with Gasteiger partial charge in [0.05, 0.1) is 5.70 Å². The van der Waals surface area contributed by atoms with E-state index in [0.29, 0.717) is 22.9 Å². The van der Waals surface area contributed by atoms with Crippen LogP contribution in [-0.2, 0) is 9.53 Å². The van der Waals surface area contributed by atoms with E-state index in [0.717, 1.165) is 60.1 Å². The molecule has 32 heavy (non-hydrogen) atoms. The third kappa shape index (κ3) is 7.85. The van der Waals surface area contributed by atoms with E-state index in [2.05, 4.69) is 22.9 Å². The molecule has 174 valence electrons. The molecule has 0 spiro atoms. The molecule has 0 aliphatic carbocycles. The molecule has 2 rings (SSSR count). The maximum Gasteiger partial charge on any atom is 0.154 e. The molecular formula is C25H31BrClNO4. The van der Waals surface area contributed by atoms with Crippen molar-refractivity contribution in [3.63, 3.8) is 0 Å². The first-order valence-corrected chi connectivity index (χ1v) is 11.5. The first-order valence-electron chi connectivity index (χ1n) is 10.4. The maximum atomic E-state index is 12.1. The number of benzene rings is 2. The van der Waals surface area contributed by atoms with Crippen LogP contribution in [0.25, 0.3) is 5.57 Å². The van der Waals surface area contributed by atoms with Crippen molar-refractivity contribution in [2.24, 2.45) is 0 Å². The minimum Gasteiger partial charge on any atom is -0.400 e. The molecule has 5 nitrogen and oxygen atoms in total. The molecule has 1 unspecified atom stereocenters. The smallest absolute Gasteiger partial charge is 0.154 e. The van der Waals surface area contributed by atoms with Crippen LogP contribution in [-0.4, -0.2) is 56.5 Å². The summed E-state index contributed by atoms with van der Waals surface area (Å²) in [5.74, 6) is 0. The van der Waals surface area contributed by atoms with Crippen LogP contribution in [0.15, 0.2) is 52.6 Å². The molecule has 0 bridgehead atoms. The van der Waals surface area contributed by atoms with Crippen LogP contribution >= 0.6 is 27.5 Å². The van der Waals surface area contributed by atoms with E-state index in [-0.39, 0.29) is 0 Å². The lowest BCUT2D eigenvalue weighted by atomic mass is 9.90. The molecule has 0 saturated carbocycles. The number of carbonyl (C=O) groups is 2. The highest BCUT2D eigenvalue weighted by Crippen LogP contribution is 2.34. The van der Waals surface area contributed by atoms with Crippen molar-refractivity contribution in [3.8, 4) is 0 Å². The lowest BCUT2D eigenvalue weighted by Gasteiger charge is -2.28. The van der Waals surface area contributed by atoms with Crippen LogP contribution in [0.3, 0.4) is 0 Å². The van der Waals surface area contributed by atoms with Gasteiger partial charge in [-0.3, -0.25) is 4.79 Å². The Kier molecular flexibility index (Phi) is 13.1. The fourth-order valence-corrected chi connectivity index (χ4v) is 3.76. The average Bonchev–Trinajstić information content (AvgIpc) is 2.80. The number of nitrogens with zero attached hydrogens (tertiary/aromatic N) is 1. The van der Waals surface area contributed by atoms with Gasteiger partial charge in [0.1, 0.15) is 0 Å². The molecule has 0 amide bonds. The molecule has 2 aromatic rings. The number of ether oxygens (including phenoxy) is 1. The van der Waals surface area contributed by atoms with E-state index in [1.165, 1.54) is 0 Å². The monoisotopic (exact) mass is 523 g/mol. The Bertz CT molecular complexity index is 897. The van der Waals surface area contributed by atoms with Gasteiger partial charge in [0, 0.05) is 48.4 Å². The van der Waals surface area contributed by atoms with Crippen molar-refractivity contribution in [3.05, 3.63) is 74.3 Å². The number of likely N-dealkylation sites (N-methyl/N-ethyl adjacent to an activating group) is 1. The zero-order chi connectivity index (χ0) is 24.1. The second kappa shape index (κ2) is 15.0. The van der Waals surface area contributed by atoms with E-state index < -0.39 is 6.10 Å². The van der Waals surface area contributed by atoms with Gasteiger partial charge in [-0.2, -0.15) is 0 Å². The fourth-order valence-electron chi connectivity index (χ4n) is 3.27. The summed E-state index contributed by atoms with van der Waals surface area (Å²) in [6.45, 7) is 2.61. The number of halogens is 2. The van der Waals surface area contributed by atoms with Crippen molar-refractivity contribution in [2.75, 3.05) is 27.8 Å². The first-order chi connectivity index (χ1) is 15.4. The second-order valence-electron chi connectivity index (χ2n) is 7.15. The summed E-state index contributed by atoms with van der Waals surface area (Å²) in [4.78, 5) is 25.8. The van der Waals surface area contributed by atoms with Crippen LogP contribution in [0, 0.1) is 0 Å². The van der Waals surface area contributed by atoms with Crippen molar-refractivity contribution in [2.45, 2.75) is 32.3 Å². The predicted molar refractivity (Wildman–Crippen MR) is 134 cm³/mol. The van der Waals surface area contributed by atoms with Gasteiger partial charge in [0.2, 0.25) is 0 Å². The maximum absolute atomic E-state index is 12.1. The summed E-state index contributed by atoms with van der Waals surface area (Å²) in [6.07, 6.45) is 3.87. The number of rotatable bonds is 11. The van der Waals surface area contributed by atoms with Gasteiger partial charge in [0.15, 0.2) is 18.7 Å². The molecule has 0 fully saturated rings. The van der Waals surface area contributed by atoms with Gasteiger partial charge in [-0.25, -0.2) is 0 Å². The Morgan fingerprint density at radius 3 is 2.31 bits per heavy atom. The molecule has 1 atom stereocenters. The molecule has 0 saturated heterocycles. The Morgan fingerprint density at radius 2 is 1.78 bits per heavy atom. The Morgan fingerprint density at radius 1 is 1.12 bits per heavy atom. The van der Waals surface area contributed by atoms with Crippen molar-refractivity contribution >= 4 is 45.7 Å². The quantitative estimate of drug-likeness (QED) is 0.305. The number of aliphatic hydroxyl groups is 1. The number of carbonyl (C=O) groups excluding carboxylic acids is 2. The van der Waals surface area contributed by atoms with Crippen LogP contribution in [0.1, 0.15) is 47.7 Å². The van der Waals surface area contributed by atoms with Crippen molar-refractivity contribution in [1.82, 2.24) is 4.90 Å². The molecular weight excluding hydrogens is 494 g/mol. The zero-order valence-corrected chi connectivity index (χ0v) is 21.3. The Labute approximate surface area is 204 Å². The normalized spacial score (nSPS) is 12.2. The molecule has 0 radical (unpaired) electrons. The first kappa shape index (κ1) is 28.0. The van der Waals surface area contributed by atoms with Crippen LogP contribution in [0.4, 0.5) is 0 Å². The van der Waals surface area contributed by atoms with Gasteiger partial charge >= 0.3 is 0 Å². The number of aliphatic hydroxyl groups excluding tert-OH is 1. The van der Waals surface area contributed by atoms with Crippen LogP contribution in [0.2, 0.25) is 5.02 Å². The number of hydrogen-bond acceptors (Lipinski definition) is 5. The minimum absolute atomic E-state index is 0.488. The lowest BCUT2D eigenvalue weighted by Crippen LogP contribution is -2.29. The van der Waals surface area contributed by atoms with Gasteiger partial charge in [0.25, 0.3) is 0 Å². The predicted octanol–water partition coefficient (Wildman–Crippen LogP) is 5.62. The Balaban J connectivity index is 0.00000249. The van der Waals surface area contributed by atoms with Crippen LogP contribution in [0.5, 0.6) is 0 Å². The van der Waals surface area contributed by atoms with Crippen molar-refractivity contribution in [1.29, 1.82) is 0 Å². The number of hydrogen-bond donors (Lipinski definition) is 1. The van der Waals surface area contributed by atoms with Gasteiger partial charge < -0.3 is 19.5 Å². The van der Waals surface area contributed by atoms with E-state index in [1.54, 1.807) is 18.2 Å². The zero-order valence-electron chi connectivity index (χ0n) is 19.0. The highest BCUT2D eigenvalue weighted by atomic mass is 79.9. The third-order valence-corrected chi connectivity index (χ3v) is 5.47. The average molecular weight is 525 g/mol. The fraction of sp³-hybridized carbons (Fsp3) is 0.360. The molecule has 0 aliphatic rings.